The second kappa shape index (κ2) is 7.63. The maximum Gasteiger partial charge on any atom is 0.248 e. The summed E-state index contributed by atoms with van der Waals surface area (Å²) in [7, 11) is 0. The van der Waals surface area contributed by atoms with Crippen LogP contribution < -0.4 is 10.1 Å². The van der Waals surface area contributed by atoms with Crippen molar-refractivity contribution in [3.05, 3.63) is 64.7 Å². The minimum Gasteiger partial charge on any atom is -0.494 e. The predicted molar refractivity (Wildman–Crippen MR) is 95.9 cm³/mol. The molecule has 0 aliphatic rings. The molecule has 0 aliphatic carbocycles. The van der Waals surface area contributed by atoms with Gasteiger partial charge in [-0.3, -0.25) is 4.79 Å². The lowest BCUT2D eigenvalue weighted by molar-refractivity contribution is -0.111. The van der Waals surface area contributed by atoms with Crippen LogP contribution in [-0.4, -0.2) is 12.5 Å². The molecule has 23 heavy (non-hydrogen) atoms. The first kappa shape index (κ1) is 16.8. The number of aryl methyl sites for hydroxylation is 3. The zero-order valence-electron chi connectivity index (χ0n) is 14.1. The molecule has 0 unspecified atom stereocenters. The number of amides is 1. The van der Waals surface area contributed by atoms with Crippen molar-refractivity contribution in [2.75, 3.05) is 11.9 Å². The Kier molecular flexibility index (Phi) is 5.58. The summed E-state index contributed by atoms with van der Waals surface area (Å²) in [5.74, 6) is 0.703. The summed E-state index contributed by atoms with van der Waals surface area (Å²) >= 11 is 0. The van der Waals surface area contributed by atoms with Crippen LogP contribution in [0.25, 0.3) is 6.08 Å². The van der Waals surface area contributed by atoms with Crippen LogP contribution in [0.1, 0.15) is 29.2 Å². The van der Waals surface area contributed by atoms with Crippen LogP contribution in [0.15, 0.2) is 42.5 Å². The maximum atomic E-state index is 12.1. The number of carbonyl (C=O) groups is 1. The third-order valence-corrected chi connectivity index (χ3v) is 3.54. The fraction of sp³-hybridized carbons (Fsp3) is 0.250. The molecule has 1 amide bonds. The van der Waals surface area contributed by atoms with Crippen LogP contribution in [0.2, 0.25) is 0 Å². The summed E-state index contributed by atoms with van der Waals surface area (Å²) in [6, 6.07) is 11.8. The zero-order chi connectivity index (χ0) is 16.8. The normalized spacial score (nSPS) is 10.8. The summed E-state index contributed by atoms with van der Waals surface area (Å²) in [6.45, 7) is 8.66. The summed E-state index contributed by atoms with van der Waals surface area (Å²) < 4.78 is 5.40. The van der Waals surface area contributed by atoms with Gasteiger partial charge in [-0.15, -0.1) is 0 Å². The van der Waals surface area contributed by atoms with Crippen molar-refractivity contribution < 1.29 is 9.53 Å². The van der Waals surface area contributed by atoms with E-state index in [4.69, 9.17) is 4.74 Å². The van der Waals surface area contributed by atoms with Crippen LogP contribution in [-0.2, 0) is 4.79 Å². The van der Waals surface area contributed by atoms with Gasteiger partial charge in [0.25, 0.3) is 0 Å². The molecule has 0 aromatic heterocycles. The third kappa shape index (κ3) is 4.71. The van der Waals surface area contributed by atoms with Crippen LogP contribution in [0.3, 0.4) is 0 Å². The van der Waals surface area contributed by atoms with Crippen molar-refractivity contribution in [1.29, 1.82) is 0 Å². The summed E-state index contributed by atoms with van der Waals surface area (Å²) in [5.41, 5.74) is 5.19. The lowest BCUT2D eigenvalue weighted by Gasteiger charge is -2.11. The summed E-state index contributed by atoms with van der Waals surface area (Å²) in [6.07, 6.45) is 3.35. The Morgan fingerprint density at radius 1 is 1.09 bits per heavy atom. The van der Waals surface area contributed by atoms with Gasteiger partial charge in [0.1, 0.15) is 5.75 Å². The molecule has 120 valence electrons. The van der Waals surface area contributed by atoms with Gasteiger partial charge in [-0.05, 0) is 62.6 Å². The first-order valence-electron chi connectivity index (χ1n) is 7.79. The van der Waals surface area contributed by atoms with Gasteiger partial charge in [0, 0.05) is 11.8 Å². The molecule has 0 atom stereocenters. The average Bonchev–Trinajstić information content (AvgIpc) is 2.50. The molecule has 2 aromatic carbocycles. The molecule has 3 nitrogen and oxygen atoms in total. The smallest absolute Gasteiger partial charge is 0.248 e. The fourth-order valence-electron chi connectivity index (χ4n) is 2.56. The number of benzene rings is 2. The first-order chi connectivity index (χ1) is 11.0. The highest BCUT2D eigenvalue weighted by atomic mass is 16.5. The van der Waals surface area contributed by atoms with Gasteiger partial charge in [0.2, 0.25) is 5.91 Å². The molecule has 0 saturated carbocycles. The number of hydrogen-bond acceptors (Lipinski definition) is 2. The van der Waals surface area contributed by atoms with Crippen molar-refractivity contribution in [2.45, 2.75) is 27.7 Å². The van der Waals surface area contributed by atoms with E-state index in [2.05, 4.69) is 24.4 Å². The Morgan fingerprint density at radius 2 is 1.70 bits per heavy atom. The van der Waals surface area contributed by atoms with Crippen LogP contribution in [0, 0.1) is 20.8 Å². The highest BCUT2D eigenvalue weighted by molar-refractivity contribution is 6.02. The maximum absolute atomic E-state index is 12.1. The number of nitrogens with one attached hydrogen (secondary N) is 1. The number of anilines is 1. The van der Waals surface area contributed by atoms with E-state index in [0.717, 1.165) is 28.1 Å². The number of carbonyl (C=O) groups excluding carboxylic acids is 1. The van der Waals surface area contributed by atoms with Gasteiger partial charge in [0.05, 0.1) is 6.61 Å². The zero-order valence-corrected chi connectivity index (χ0v) is 14.1. The largest absolute Gasteiger partial charge is 0.494 e. The van der Waals surface area contributed by atoms with E-state index in [1.807, 2.05) is 45.0 Å². The van der Waals surface area contributed by atoms with Gasteiger partial charge < -0.3 is 10.1 Å². The standard InChI is InChI=1S/C20H23NO2/c1-5-23-18-9-6-17(7-10-18)8-11-19(22)21-20-15(3)12-14(2)13-16(20)4/h6-13H,5H2,1-4H3,(H,21,22). The SMILES string of the molecule is CCOc1ccc(C=CC(=O)Nc2c(C)cc(C)cc2C)cc1. The van der Waals surface area contributed by atoms with Crippen molar-refractivity contribution in [3.8, 4) is 5.75 Å². The molecule has 2 aromatic rings. The van der Waals surface area contributed by atoms with Crippen molar-refractivity contribution in [3.63, 3.8) is 0 Å². The van der Waals surface area contributed by atoms with Crippen molar-refractivity contribution in [2.24, 2.45) is 0 Å². The molecular weight excluding hydrogens is 286 g/mol. The second-order valence-corrected chi connectivity index (χ2v) is 5.60. The molecule has 0 radical (unpaired) electrons. The number of ether oxygens (including phenoxy) is 1. The molecule has 0 spiro atoms. The van der Waals surface area contributed by atoms with Gasteiger partial charge in [-0.25, -0.2) is 0 Å². The molecular formula is C20H23NO2. The van der Waals surface area contributed by atoms with E-state index in [1.165, 1.54) is 5.56 Å². The third-order valence-electron chi connectivity index (χ3n) is 3.54. The average molecular weight is 309 g/mol. The highest BCUT2D eigenvalue weighted by Gasteiger charge is 2.06. The lowest BCUT2D eigenvalue weighted by atomic mass is 10.1. The monoisotopic (exact) mass is 309 g/mol. The Balaban J connectivity index is 2.04. The van der Waals surface area contributed by atoms with Gasteiger partial charge in [-0.1, -0.05) is 29.8 Å². The number of hydrogen-bond donors (Lipinski definition) is 1. The molecule has 0 fully saturated rings. The fourth-order valence-corrected chi connectivity index (χ4v) is 2.56. The first-order valence-corrected chi connectivity index (χ1v) is 7.79. The quantitative estimate of drug-likeness (QED) is 0.816. The lowest BCUT2D eigenvalue weighted by Crippen LogP contribution is -2.10. The molecule has 0 aliphatic heterocycles. The molecule has 2 rings (SSSR count). The van der Waals surface area contributed by atoms with E-state index < -0.39 is 0 Å². The van der Waals surface area contributed by atoms with Crippen LogP contribution >= 0.6 is 0 Å². The Labute approximate surface area is 138 Å². The highest BCUT2D eigenvalue weighted by Crippen LogP contribution is 2.22. The van der Waals surface area contributed by atoms with E-state index in [1.54, 1.807) is 12.2 Å². The van der Waals surface area contributed by atoms with E-state index >= 15 is 0 Å². The Bertz CT molecular complexity index is 692. The molecule has 1 N–H and O–H groups in total. The minimum atomic E-state index is -0.131. The number of rotatable bonds is 5. The Morgan fingerprint density at radius 3 is 2.26 bits per heavy atom. The topological polar surface area (TPSA) is 38.3 Å². The van der Waals surface area contributed by atoms with Crippen molar-refractivity contribution >= 4 is 17.7 Å². The summed E-state index contributed by atoms with van der Waals surface area (Å²) in [5, 5.41) is 2.96. The summed E-state index contributed by atoms with van der Waals surface area (Å²) in [4.78, 5) is 12.1. The van der Waals surface area contributed by atoms with Crippen molar-refractivity contribution in [1.82, 2.24) is 0 Å². The van der Waals surface area contributed by atoms with Gasteiger partial charge >= 0.3 is 0 Å². The van der Waals surface area contributed by atoms with E-state index in [0.29, 0.717) is 6.61 Å². The molecule has 0 heterocycles. The van der Waals surface area contributed by atoms with Crippen LogP contribution in [0.5, 0.6) is 5.75 Å². The van der Waals surface area contributed by atoms with Crippen LogP contribution in [0.4, 0.5) is 5.69 Å². The molecule has 0 saturated heterocycles. The van der Waals surface area contributed by atoms with E-state index in [9.17, 15) is 4.79 Å². The molecule has 3 heteroatoms. The second-order valence-electron chi connectivity index (χ2n) is 5.60. The van der Waals surface area contributed by atoms with Gasteiger partial charge in [-0.2, -0.15) is 0 Å². The predicted octanol–water partition coefficient (Wildman–Crippen LogP) is 4.66. The molecule has 0 bridgehead atoms. The van der Waals surface area contributed by atoms with E-state index in [-0.39, 0.29) is 5.91 Å². The Hall–Kier alpha value is -2.55. The van der Waals surface area contributed by atoms with Gasteiger partial charge in [0.15, 0.2) is 0 Å². The minimum absolute atomic E-state index is 0.131.